The Morgan fingerprint density at radius 3 is 2.38 bits per heavy atom. The van der Waals surface area contributed by atoms with E-state index in [1.807, 2.05) is 20.8 Å². The van der Waals surface area contributed by atoms with Crippen molar-refractivity contribution in [3.63, 3.8) is 0 Å². The highest BCUT2D eigenvalue weighted by molar-refractivity contribution is 5.94. The van der Waals surface area contributed by atoms with Gasteiger partial charge in [0.25, 0.3) is 5.91 Å². The second-order valence-corrected chi connectivity index (χ2v) is 10.5. The van der Waals surface area contributed by atoms with Gasteiger partial charge >= 0.3 is 0 Å². The van der Waals surface area contributed by atoms with Crippen LogP contribution < -0.4 is 10.6 Å². The van der Waals surface area contributed by atoms with Gasteiger partial charge in [0.15, 0.2) is 0 Å². The van der Waals surface area contributed by atoms with E-state index in [9.17, 15) is 14.7 Å². The molecule has 0 aromatic heterocycles. The second kappa shape index (κ2) is 9.62. The zero-order valence-corrected chi connectivity index (χ0v) is 19.9. The molecule has 0 spiro atoms. The number of rotatable bonds is 5. The van der Waals surface area contributed by atoms with E-state index in [0.717, 1.165) is 25.7 Å². The number of aliphatic hydroxyl groups excluding tert-OH is 1. The number of amides is 2. The molecule has 1 aromatic carbocycles. The fourth-order valence-corrected chi connectivity index (χ4v) is 6.06. The van der Waals surface area contributed by atoms with Crippen molar-refractivity contribution >= 4 is 11.8 Å². The molecule has 0 unspecified atom stereocenters. The molecule has 3 rings (SSSR count). The van der Waals surface area contributed by atoms with Gasteiger partial charge in [0.2, 0.25) is 5.91 Å². The summed E-state index contributed by atoms with van der Waals surface area (Å²) < 4.78 is 0. The van der Waals surface area contributed by atoms with E-state index in [-0.39, 0.29) is 53.0 Å². The van der Waals surface area contributed by atoms with Crippen LogP contribution in [0.4, 0.5) is 0 Å². The number of nitrogens with one attached hydrogen (secondary N) is 2. The summed E-state index contributed by atoms with van der Waals surface area (Å²) in [6.45, 7) is 10.2. The van der Waals surface area contributed by atoms with E-state index < -0.39 is 6.10 Å². The normalized spacial score (nSPS) is 33.0. The van der Waals surface area contributed by atoms with Gasteiger partial charge in [0.05, 0.1) is 17.7 Å². The maximum Gasteiger partial charge on any atom is 0.251 e. The predicted molar refractivity (Wildman–Crippen MR) is 124 cm³/mol. The predicted octanol–water partition coefficient (Wildman–Crippen LogP) is 3.64. The molecule has 1 aromatic rings. The SMILES string of the molecule is CC(C)NC(=O)[C@@H](C)[C@H]1CC[C@@]2(C)CC[C@H](NC(=O)c3ccc(C#N)cc3)[C@@H](C)[C@@H]2[C@H]1O. The molecule has 0 aliphatic heterocycles. The minimum atomic E-state index is -0.578. The lowest BCUT2D eigenvalue weighted by Crippen LogP contribution is -2.58. The highest BCUT2D eigenvalue weighted by Crippen LogP contribution is 2.55. The molecule has 7 atom stereocenters. The summed E-state index contributed by atoms with van der Waals surface area (Å²) in [6.07, 6.45) is 3.06. The molecule has 2 fully saturated rings. The number of nitriles is 1. The summed E-state index contributed by atoms with van der Waals surface area (Å²) in [5.74, 6) is -0.368. The quantitative estimate of drug-likeness (QED) is 0.652. The van der Waals surface area contributed by atoms with Crippen LogP contribution in [0.25, 0.3) is 0 Å². The Balaban J connectivity index is 1.73. The maximum absolute atomic E-state index is 12.8. The molecule has 6 nitrogen and oxygen atoms in total. The molecule has 32 heavy (non-hydrogen) atoms. The van der Waals surface area contributed by atoms with Crippen LogP contribution in [0.5, 0.6) is 0 Å². The standard InChI is InChI=1S/C26H37N3O3/c1-15(2)28-24(31)16(3)20-10-12-26(5)13-11-21(17(4)22(26)23(20)30)29-25(32)19-8-6-18(14-27)7-9-19/h6-9,15-17,20-23,30H,10-13H2,1-5H3,(H,28,31)(H,29,32)/t16-,17+,20+,21-,22+,23-,26-/m0/s1. The summed E-state index contributed by atoms with van der Waals surface area (Å²) in [4.78, 5) is 25.5. The molecule has 0 heterocycles. The lowest BCUT2D eigenvalue weighted by Gasteiger charge is -2.56. The van der Waals surface area contributed by atoms with Crippen molar-refractivity contribution in [2.24, 2.45) is 29.1 Å². The molecule has 0 bridgehead atoms. The molecule has 0 radical (unpaired) electrons. The van der Waals surface area contributed by atoms with Crippen LogP contribution in [-0.4, -0.2) is 35.1 Å². The van der Waals surface area contributed by atoms with Crippen LogP contribution in [0.1, 0.15) is 76.2 Å². The summed E-state index contributed by atoms with van der Waals surface area (Å²) in [5.41, 5.74) is 1.07. The zero-order chi connectivity index (χ0) is 23.6. The van der Waals surface area contributed by atoms with Gasteiger partial charge in [-0.2, -0.15) is 5.26 Å². The molecular weight excluding hydrogens is 402 g/mol. The van der Waals surface area contributed by atoms with Crippen LogP contribution >= 0.6 is 0 Å². The molecule has 0 saturated heterocycles. The van der Waals surface area contributed by atoms with Crippen LogP contribution in [0.3, 0.4) is 0 Å². The Labute approximate surface area is 191 Å². The fraction of sp³-hybridized carbons (Fsp3) is 0.654. The van der Waals surface area contributed by atoms with Gasteiger partial charge in [-0.15, -0.1) is 0 Å². The summed E-state index contributed by atoms with van der Waals surface area (Å²) in [5, 5.41) is 26.6. The van der Waals surface area contributed by atoms with Crippen molar-refractivity contribution in [3.05, 3.63) is 35.4 Å². The number of benzene rings is 1. The third kappa shape index (κ3) is 4.83. The number of carbonyl (C=O) groups is 2. The Hall–Kier alpha value is -2.39. The van der Waals surface area contributed by atoms with Crippen LogP contribution in [-0.2, 0) is 4.79 Å². The number of nitrogens with zero attached hydrogens (tertiary/aromatic N) is 1. The van der Waals surface area contributed by atoms with Gasteiger partial charge < -0.3 is 15.7 Å². The largest absolute Gasteiger partial charge is 0.392 e. The Morgan fingerprint density at radius 1 is 1.16 bits per heavy atom. The third-order valence-corrected chi connectivity index (χ3v) is 7.97. The number of hydrogen-bond donors (Lipinski definition) is 3. The van der Waals surface area contributed by atoms with E-state index in [1.165, 1.54) is 0 Å². The Morgan fingerprint density at radius 2 is 1.78 bits per heavy atom. The first-order valence-corrected chi connectivity index (χ1v) is 11.9. The molecule has 2 aliphatic rings. The van der Waals surface area contributed by atoms with E-state index in [4.69, 9.17) is 5.26 Å². The van der Waals surface area contributed by atoms with Gasteiger partial charge in [-0.05, 0) is 87.0 Å². The maximum atomic E-state index is 12.8. The zero-order valence-electron chi connectivity index (χ0n) is 19.9. The molecule has 2 aliphatic carbocycles. The van der Waals surface area contributed by atoms with Crippen molar-refractivity contribution in [1.29, 1.82) is 5.26 Å². The lowest BCUT2D eigenvalue weighted by atomic mass is 9.51. The first-order valence-electron chi connectivity index (χ1n) is 11.9. The van der Waals surface area contributed by atoms with Gasteiger partial charge in [-0.1, -0.05) is 20.8 Å². The number of hydrogen-bond acceptors (Lipinski definition) is 4. The van der Waals surface area contributed by atoms with E-state index >= 15 is 0 Å². The minimum Gasteiger partial charge on any atom is -0.392 e. The molecular formula is C26H37N3O3. The van der Waals surface area contributed by atoms with Crippen LogP contribution in [0.2, 0.25) is 0 Å². The molecule has 174 valence electrons. The van der Waals surface area contributed by atoms with Gasteiger partial charge in [0.1, 0.15) is 0 Å². The van der Waals surface area contributed by atoms with Gasteiger partial charge in [-0.25, -0.2) is 0 Å². The molecule has 3 N–H and O–H groups in total. The van der Waals surface area contributed by atoms with E-state index in [0.29, 0.717) is 11.1 Å². The Kier molecular flexibility index (Phi) is 7.29. The molecule has 2 saturated carbocycles. The topological polar surface area (TPSA) is 102 Å². The van der Waals surface area contributed by atoms with E-state index in [1.54, 1.807) is 24.3 Å². The number of carbonyl (C=O) groups excluding carboxylic acids is 2. The minimum absolute atomic E-state index is 0.00165. The highest BCUT2D eigenvalue weighted by Gasteiger charge is 2.53. The monoisotopic (exact) mass is 439 g/mol. The number of aliphatic hydroxyl groups is 1. The lowest BCUT2D eigenvalue weighted by molar-refractivity contribution is -0.142. The average Bonchev–Trinajstić information content (AvgIpc) is 2.75. The fourth-order valence-electron chi connectivity index (χ4n) is 6.06. The van der Waals surface area contributed by atoms with Crippen molar-refractivity contribution < 1.29 is 14.7 Å². The van der Waals surface area contributed by atoms with Crippen molar-refractivity contribution in [2.75, 3.05) is 0 Å². The third-order valence-electron chi connectivity index (χ3n) is 7.97. The van der Waals surface area contributed by atoms with Crippen molar-refractivity contribution in [3.8, 4) is 6.07 Å². The van der Waals surface area contributed by atoms with Gasteiger partial charge in [-0.3, -0.25) is 9.59 Å². The highest BCUT2D eigenvalue weighted by atomic mass is 16.3. The Bertz CT molecular complexity index is 875. The number of fused-ring (bicyclic) bond motifs is 1. The second-order valence-electron chi connectivity index (χ2n) is 10.5. The van der Waals surface area contributed by atoms with Crippen LogP contribution in [0, 0.1) is 40.4 Å². The van der Waals surface area contributed by atoms with Crippen molar-refractivity contribution in [1.82, 2.24) is 10.6 Å². The summed E-state index contributed by atoms with van der Waals surface area (Å²) >= 11 is 0. The average molecular weight is 440 g/mol. The van der Waals surface area contributed by atoms with Crippen LogP contribution in [0.15, 0.2) is 24.3 Å². The van der Waals surface area contributed by atoms with Gasteiger partial charge in [0, 0.05) is 23.6 Å². The van der Waals surface area contributed by atoms with Crippen molar-refractivity contribution in [2.45, 2.75) is 78.5 Å². The first-order chi connectivity index (χ1) is 15.1. The molecule has 6 heteroatoms. The van der Waals surface area contributed by atoms with E-state index in [2.05, 4.69) is 30.6 Å². The molecule has 2 amide bonds. The smallest absolute Gasteiger partial charge is 0.251 e. The summed E-state index contributed by atoms with van der Waals surface area (Å²) in [6, 6.07) is 8.74. The first kappa shape index (κ1) is 24.3. The summed E-state index contributed by atoms with van der Waals surface area (Å²) in [7, 11) is 0.